The monoisotopic (exact) mass is 713 g/mol. The lowest BCUT2D eigenvalue weighted by atomic mass is 10.1. The Morgan fingerprint density at radius 1 is 0.841 bits per heavy atom. The molecule has 4 rings (SSSR count). The molecule has 234 valence electrons. The van der Waals surface area contributed by atoms with Gasteiger partial charge in [0, 0.05) is 34.9 Å². The Morgan fingerprint density at radius 3 is 2.14 bits per heavy atom. The van der Waals surface area contributed by atoms with Crippen LogP contribution in [-0.4, -0.2) is 26.6 Å². The number of alkyl halides is 6. The molecular weight excluding hydrogens is 695 g/mol. The molecular formula is C27H19Cl2F6N3O3S3. The Bertz CT molecular complexity index is 1750. The molecule has 17 heteroatoms. The number of halogens is 8. The van der Waals surface area contributed by atoms with Gasteiger partial charge in [0.05, 0.1) is 16.1 Å². The number of rotatable bonds is 9. The molecule has 0 fully saturated rings. The van der Waals surface area contributed by atoms with Crippen LogP contribution in [0.2, 0.25) is 10.0 Å². The van der Waals surface area contributed by atoms with Crippen molar-refractivity contribution in [3.05, 3.63) is 93.3 Å². The van der Waals surface area contributed by atoms with Crippen molar-refractivity contribution < 1.29 is 39.5 Å². The lowest BCUT2D eigenvalue weighted by molar-refractivity contribution is -0.143. The molecule has 6 nitrogen and oxygen atoms in total. The minimum Gasteiger partial charge on any atom is -0.455 e. The van der Waals surface area contributed by atoms with Gasteiger partial charge in [0.2, 0.25) is 0 Å². The number of para-hydroxylation sites is 1. The number of thiophene rings is 1. The topological polar surface area (TPSA) is 79.5 Å². The van der Waals surface area contributed by atoms with Gasteiger partial charge in [0.15, 0.2) is 5.11 Å². The first kappa shape index (κ1) is 33.8. The SMILES string of the molecule is O=S(=O)(NCCNC(=S)Nc1cc(C(F)(F)F)cc(C(F)(F)F)c1)c1sccc1-c1ccccc1Oc1ccc(Cl)cc1Cl. The molecule has 0 spiro atoms. The van der Waals surface area contributed by atoms with Gasteiger partial charge in [0.1, 0.15) is 15.7 Å². The maximum Gasteiger partial charge on any atom is 0.416 e. The summed E-state index contributed by atoms with van der Waals surface area (Å²) >= 11 is 18.1. The second kappa shape index (κ2) is 13.5. The van der Waals surface area contributed by atoms with E-state index in [9.17, 15) is 34.8 Å². The van der Waals surface area contributed by atoms with Crippen LogP contribution >= 0.6 is 46.8 Å². The average molecular weight is 715 g/mol. The van der Waals surface area contributed by atoms with Crippen molar-refractivity contribution in [2.75, 3.05) is 18.4 Å². The van der Waals surface area contributed by atoms with Crippen LogP contribution in [0, 0.1) is 0 Å². The smallest absolute Gasteiger partial charge is 0.416 e. The summed E-state index contributed by atoms with van der Waals surface area (Å²) < 4.78 is 113. The van der Waals surface area contributed by atoms with Crippen molar-refractivity contribution in [3.8, 4) is 22.6 Å². The normalized spacial score (nSPS) is 12.2. The van der Waals surface area contributed by atoms with Crippen LogP contribution in [-0.2, 0) is 22.4 Å². The van der Waals surface area contributed by atoms with Gasteiger partial charge in [-0.25, -0.2) is 13.1 Å². The van der Waals surface area contributed by atoms with E-state index >= 15 is 0 Å². The number of nitrogens with one attached hydrogen (secondary N) is 3. The van der Waals surface area contributed by atoms with Gasteiger partial charge in [0.25, 0.3) is 10.0 Å². The number of benzene rings is 3. The quantitative estimate of drug-likeness (QED) is 0.0914. The standard InChI is InChI=1S/C27H19Cl2F6N3O3S3/c28-17-5-6-23(21(29)14-17)41-22-4-2-1-3-19(22)20-7-10-43-24(20)44(39,40)37-9-8-36-25(42)38-18-12-15(26(30,31)32)11-16(13-18)27(33,34)35/h1-7,10-14,37H,8-9H2,(H2,36,38,42). The summed E-state index contributed by atoms with van der Waals surface area (Å²) in [7, 11) is -4.08. The third-order valence-corrected chi connectivity index (χ3v) is 9.44. The molecule has 0 amide bonds. The summed E-state index contributed by atoms with van der Waals surface area (Å²) in [6.07, 6.45) is -10.1. The van der Waals surface area contributed by atoms with Crippen LogP contribution < -0.4 is 20.1 Å². The molecule has 0 bridgehead atoms. The van der Waals surface area contributed by atoms with Gasteiger partial charge in [-0.15, -0.1) is 11.3 Å². The first-order chi connectivity index (χ1) is 20.5. The molecule has 0 saturated heterocycles. The van der Waals surface area contributed by atoms with Crippen molar-refractivity contribution in [1.82, 2.24) is 10.0 Å². The number of hydrogen-bond donors (Lipinski definition) is 3. The molecule has 0 radical (unpaired) electrons. The number of anilines is 1. The molecule has 0 aliphatic carbocycles. The summed E-state index contributed by atoms with van der Waals surface area (Å²) in [5, 5.41) is 6.74. The highest BCUT2D eigenvalue weighted by atomic mass is 35.5. The van der Waals surface area contributed by atoms with Gasteiger partial charge in [-0.3, -0.25) is 0 Å². The predicted molar refractivity (Wildman–Crippen MR) is 162 cm³/mol. The van der Waals surface area contributed by atoms with E-state index in [1.54, 1.807) is 47.8 Å². The first-order valence-electron chi connectivity index (χ1n) is 12.2. The fourth-order valence-electron chi connectivity index (χ4n) is 3.79. The Labute approximate surface area is 267 Å². The fraction of sp³-hybridized carbons (Fsp3) is 0.148. The van der Waals surface area contributed by atoms with E-state index < -0.39 is 39.2 Å². The van der Waals surface area contributed by atoms with Crippen LogP contribution in [0.25, 0.3) is 11.1 Å². The van der Waals surface area contributed by atoms with E-state index in [1.807, 2.05) is 0 Å². The number of hydrogen-bond acceptors (Lipinski definition) is 5. The number of thiocarbonyl (C=S) groups is 1. The zero-order valence-corrected chi connectivity index (χ0v) is 25.8. The van der Waals surface area contributed by atoms with Gasteiger partial charge in [-0.05, 0) is 66.1 Å². The molecule has 3 aromatic carbocycles. The van der Waals surface area contributed by atoms with Crippen LogP contribution in [0.1, 0.15) is 11.1 Å². The van der Waals surface area contributed by atoms with E-state index in [2.05, 4.69) is 15.4 Å². The number of ether oxygens (including phenoxy) is 1. The lowest BCUT2D eigenvalue weighted by Gasteiger charge is -2.16. The van der Waals surface area contributed by atoms with Crippen molar-refractivity contribution >= 4 is 67.6 Å². The zero-order chi connectivity index (χ0) is 32.3. The molecule has 0 aliphatic rings. The second-order valence-electron chi connectivity index (χ2n) is 8.87. The molecule has 44 heavy (non-hydrogen) atoms. The predicted octanol–water partition coefficient (Wildman–Crippen LogP) is 8.82. The lowest BCUT2D eigenvalue weighted by Crippen LogP contribution is -2.36. The van der Waals surface area contributed by atoms with E-state index in [-0.39, 0.29) is 33.5 Å². The Kier molecular flexibility index (Phi) is 10.4. The highest BCUT2D eigenvalue weighted by Gasteiger charge is 2.37. The van der Waals surface area contributed by atoms with Gasteiger partial charge in [-0.1, -0.05) is 41.4 Å². The molecule has 3 N–H and O–H groups in total. The molecule has 0 atom stereocenters. The molecule has 0 unspecified atom stereocenters. The minimum absolute atomic E-state index is 0.00732. The van der Waals surface area contributed by atoms with E-state index in [0.29, 0.717) is 39.8 Å². The van der Waals surface area contributed by atoms with Crippen molar-refractivity contribution in [2.24, 2.45) is 0 Å². The summed E-state index contributed by atoms with van der Waals surface area (Å²) in [6, 6.07) is 13.9. The zero-order valence-electron chi connectivity index (χ0n) is 21.8. The van der Waals surface area contributed by atoms with Crippen LogP contribution in [0.4, 0.5) is 32.0 Å². The Morgan fingerprint density at radius 2 is 1.50 bits per heavy atom. The summed E-state index contributed by atoms with van der Waals surface area (Å²) in [5.41, 5.74) is -2.77. The molecule has 4 aromatic rings. The fourth-order valence-corrected chi connectivity index (χ4v) is 6.91. The third-order valence-electron chi connectivity index (χ3n) is 5.71. The molecule has 1 heterocycles. The molecule has 0 aliphatic heterocycles. The summed E-state index contributed by atoms with van der Waals surface area (Å²) in [4.78, 5) is 0. The summed E-state index contributed by atoms with van der Waals surface area (Å²) in [5.74, 6) is 0.629. The maximum atomic E-state index is 13.2. The third kappa shape index (κ3) is 8.55. The summed E-state index contributed by atoms with van der Waals surface area (Å²) in [6.45, 7) is -0.373. The number of sulfonamides is 1. The van der Waals surface area contributed by atoms with Crippen LogP contribution in [0.5, 0.6) is 11.5 Å². The van der Waals surface area contributed by atoms with Crippen LogP contribution in [0.3, 0.4) is 0 Å². The second-order valence-corrected chi connectivity index (χ2v) is 13.0. The maximum absolute atomic E-state index is 13.2. The van der Waals surface area contributed by atoms with E-state index in [0.717, 1.165) is 11.3 Å². The van der Waals surface area contributed by atoms with Crippen molar-refractivity contribution in [1.29, 1.82) is 0 Å². The largest absolute Gasteiger partial charge is 0.455 e. The van der Waals surface area contributed by atoms with E-state index in [4.69, 9.17) is 40.2 Å². The van der Waals surface area contributed by atoms with Gasteiger partial charge >= 0.3 is 12.4 Å². The van der Waals surface area contributed by atoms with Crippen molar-refractivity contribution in [2.45, 2.75) is 16.6 Å². The van der Waals surface area contributed by atoms with Crippen LogP contribution in [0.15, 0.2) is 76.3 Å². The van der Waals surface area contributed by atoms with Gasteiger partial charge < -0.3 is 15.4 Å². The highest BCUT2D eigenvalue weighted by Crippen LogP contribution is 2.41. The van der Waals surface area contributed by atoms with Gasteiger partial charge in [-0.2, -0.15) is 26.3 Å². The highest BCUT2D eigenvalue weighted by molar-refractivity contribution is 7.91. The Balaban J connectivity index is 1.42. The van der Waals surface area contributed by atoms with E-state index in [1.165, 1.54) is 6.07 Å². The molecule has 0 saturated carbocycles. The molecule has 1 aromatic heterocycles. The average Bonchev–Trinajstić information content (AvgIpc) is 3.43. The minimum atomic E-state index is -5.03. The first-order valence-corrected chi connectivity index (χ1v) is 15.7. The van der Waals surface area contributed by atoms with Crippen molar-refractivity contribution in [3.63, 3.8) is 0 Å². The Hall–Kier alpha value is -3.08.